The fourth-order valence-electron chi connectivity index (χ4n) is 1.72. The average molecular weight is 197 g/mol. The molecule has 0 amide bonds. The predicted octanol–water partition coefficient (Wildman–Crippen LogP) is 3.18. The van der Waals surface area contributed by atoms with E-state index in [1.165, 1.54) is 16.7 Å². The molecule has 0 N–H and O–H groups in total. The second-order valence-corrected chi connectivity index (χ2v) is 3.79. The lowest BCUT2D eigenvalue weighted by Gasteiger charge is -2.04. The molecular weight excluding hydrogens is 182 g/mol. The van der Waals surface area contributed by atoms with E-state index in [0.717, 1.165) is 12.8 Å². The molecule has 0 aliphatic carbocycles. The number of nitrogens with zero attached hydrogens (tertiary/aromatic N) is 1. The summed E-state index contributed by atoms with van der Waals surface area (Å²) in [4.78, 5) is 4.12. The molecule has 1 aromatic carbocycles. The van der Waals surface area contributed by atoms with Crippen LogP contribution >= 0.6 is 0 Å². The Hall–Kier alpha value is -1.63. The number of hydrogen-bond acceptors (Lipinski definition) is 1. The summed E-state index contributed by atoms with van der Waals surface area (Å²) in [5.74, 6) is 0. The smallest absolute Gasteiger partial charge is 0.0299 e. The summed E-state index contributed by atoms with van der Waals surface area (Å²) in [6.07, 6.45) is 5.92. The van der Waals surface area contributed by atoms with E-state index in [1.54, 1.807) is 0 Å². The third kappa shape index (κ3) is 2.66. The van der Waals surface area contributed by atoms with Crippen LogP contribution in [0.4, 0.5) is 0 Å². The fourth-order valence-corrected chi connectivity index (χ4v) is 1.72. The lowest BCUT2D eigenvalue weighted by molar-refractivity contribution is 0.940. The van der Waals surface area contributed by atoms with Gasteiger partial charge in [-0.25, -0.2) is 0 Å². The minimum absolute atomic E-state index is 1.07. The molecular formula is C14H15N. The number of aromatic nitrogens is 1. The Bertz CT molecular complexity index is 420. The molecule has 1 heteroatoms. The molecule has 15 heavy (non-hydrogen) atoms. The van der Waals surface area contributed by atoms with Crippen molar-refractivity contribution in [2.75, 3.05) is 0 Å². The molecule has 0 atom stereocenters. The first-order valence-corrected chi connectivity index (χ1v) is 5.29. The third-order valence-corrected chi connectivity index (χ3v) is 2.67. The van der Waals surface area contributed by atoms with E-state index >= 15 is 0 Å². The van der Waals surface area contributed by atoms with Gasteiger partial charge in [0.2, 0.25) is 0 Å². The Kier molecular flexibility index (Phi) is 3.13. The second-order valence-electron chi connectivity index (χ2n) is 3.79. The molecule has 0 aliphatic heterocycles. The Balaban J connectivity index is 2.03. The highest BCUT2D eigenvalue weighted by molar-refractivity contribution is 5.26. The van der Waals surface area contributed by atoms with Crippen molar-refractivity contribution in [2.24, 2.45) is 0 Å². The van der Waals surface area contributed by atoms with E-state index in [0.29, 0.717) is 0 Å². The van der Waals surface area contributed by atoms with Crippen molar-refractivity contribution < 1.29 is 0 Å². The summed E-state index contributed by atoms with van der Waals surface area (Å²) in [7, 11) is 0. The van der Waals surface area contributed by atoms with Gasteiger partial charge in [-0.1, -0.05) is 30.3 Å². The number of hydrogen-bond donors (Lipinski definition) is 0. The van der Waals surface area contributed by atoms with Gasteiger partial charge in [-0.15, -0.1) is 0 Å². The number of pyridine rings is 1. The van der Waals surface area contributed by atoms with E-state index < -0.39 is 0 Å². The molecule has 1 nitrogen and oxygen atoms in total. The lowest BCUT2D eigenvalue weighted by Crippen LogP contribution is -1.93. The van der Waals surface area contributed by atoms with E-state index in [-0.39, 0.29) is 0 Å². The number of aryl methyl sites for hydroxylation is 3. The van der Waals surface area contributed by atoms with Gasteiger partial charge in [0.25, 0.3) is 0 Å². The maximum atomic E-state index is 4.12. The van der Waals surface area contributed by atoms with Crippen LogP contribution in [0.2, 0.25) is 0 Å². The minimum atomic E-state index is 1.07. The average Bonchev–Trinajstić information content (AvgIpc) is 2.29. The van der Waals surface area contributed by atoms with Crippen molar-refractivity contribution in [1.82, 2.24) is 4.98 Å². The third-order valence-electron chi connectivity index (χ3n) is 2.67. The topological polar surface area (TPSA) is 12.9 Å². The molecule has 0 fully saturated rings. The first-order chi connectivity index (χ1) is 7.36. The van der Waals surface area contributed by atoms with Crippen LogP contribution in [0.15, 0.2) is 48.8 Å². The zero-order chi connectivity index (χ0) is 10.5. The molecule has 0 aliphatic rings. The molecule has 2 aromatic rings. The molecule has 1 heterocycles. The first kappa shape index (κ1) is 9.91. The van der Waals surface area contributed by atoms with Crippen molar-refractivity contribution in [3.05, 3.63) is 65.5 Å². The van der Waals surface area contributed by atoms with Gasteiger partial charge in [-0.05, 0) is 42.5 Å². The van der Waals surface area contributed by atoms with Gasteiger partial charge in [0.15, 0.2) is 0 Å². The molecule has 0 saturated heterocycles. The van der Waals surface area contributed by atoms with Crippen molar-refractivity contribution >= 4 is 0 Å². The first-order valence-electron chi connectivity index (χ1n) is 5.29. The molecule has 0 radical (unpaired) electrons. The Morgan fingerprint density at radius 3 is 2.60 bits per heavy atom. The Morgan fingerprint density at radius 2 is 1.87 bits per heavy atom. The molecule has 2 rings (SSSR count). The summed E-state index contributed by atoms with van der Waals surface area (Å²) in [5, 5.41) is 0. The van der Waals surface area contributed by atoms with Crippen molar-refractivity contribution in [1.29, 1.82) is 0 Å². The quantitative estimate of drug-likeness (QED) is 0.736. The highest BCUT2D eigenvalue weighted by Gasteiger charge is 1.97. The van der Waals surface area contributed by atoms with E-state index in [1.807, 2.05) is 18.5 Å². The summed E-state index contributed by atoms with van der Waals surface area (Å²) >= 11 is 0. The van der Waals surface area contributed by atoms with Crippen LogP contribution in [-0.2, 0) is 12.8 Å². The van der Waals surface area contributed by atoms with Crippen LogP contribution in [0, 0.1) is 6.92 Å². The lowest BCUT2D eigenvalue weighted by atomic mass is 10.0. The van der Waals surface area contributed by atoms with Crippen molar-refractivity contribution in [2.45, 2.75) is 19.8 Å². The zero-order valence-corrected chi connectivity index (χ0v) is 8.98. The largest absolute Gasteiger partial charge is 0.264 e. The fraction of sp³-hybridized carbons (Fsp3) is 0.214. The minimum Gasteiger partial charge on any atom is -0.264 e. The van der Waals surface area contributed by atoms with Gasteiger partial charge >= 0.3 is 0 Å². The second kappa shape index (κ2) is 4.74. The van der Waals surface area contributed by atoms with Gasteiger partial charge < -0.3 is 0 Å². The van der Waals surface area contributed by atoms with Crippen LogP contribution in [0.25, 0.3) is 0 Å². The monoisotopic (exact) mass is 197 g/mol. The van der Waals surface area contributed by atoms with Crippen LogP contribution in [0.1, 0.15) is 16.7 Å². The zero-order valence-electron chi connectivity index (χ0n) is 8.98. The van der Waals surface area contributed by atoms with E-state index in [2.05, 4.69) is 42.2 Å². The van der Waals surface area contributed by atoms with Crippen LogP contribution in [0.3, 0.4) is 0 Å². The molecule has 0 spiro atoms. The predicted molar refractivity (Wildman–Crippen MR) is 62.8 cm³/mol. The van der Waals surface area contributed by atoms with Crippen molar-refractivity contribution in [3.63, 3.8) is 0 Å². The van der Waals surface area contributed by atoms with Gasteiger partial charge in [0.05, 0.1) is 0 Å². The summed E-state index contributed by atoms with van der Waals surface area (Å²) in [5.41, 5.74) is 4.11. The summed E-state index contributed by atoms with van der Waals surface area (Å²) < 4.78 is 0. The number of benzene rings is 1. The Labute approximate surface area is 90.8 Å². The van der Waals surface area contributed by atoms with Crippen LogP contribution in [-0.4, -0.2) is 4.98 Å². The van der Waals surface area contributed by atoms with Crippen LogP contribution < -0.4 is 0 Å². The van der Waals surface area contributed by atoms with Gasteiger partial charge in [0, 0.05) is 12.4 Å². The van der Waals surface area contributed by atoms with Gasteiger partial charge in [0.1, 0.15) is 0 Å². The van der Waals surface area contributed by atoms with Crippen LogP contribution in [0.5, 0.6) is 0 Å². The molecule has 76 valence electrons. The molecule has 1 aromatic heterocycles. The maximum absolute atomic E-state index is 4.12. The maximum Gasteiger partial charge on any atom is 0.0299 e. The van der Waals surface area contributed by atoms with E-state index in [9.17, 15) is 0 Å². The number of rotatable bonds is 3. The summed E-state index contributed by atoms with van der Waals surface area (Å²) in [6.45, 7) is 2.17. The molecule has 0 unspecified atom stereocenters. The van der Waals surface area contributed by atoms with Gasteiger partial charge in [-0.3, -0.25) is 4.98 Å². The molecule has 0 bridgehead atoms. The highest BCUT2D eigenvalue weighted by atomic mass is 14.6. The standard InChI is InChI=1S/C14H15N/c1-12-5-2-3-7-14(12)9-8-13-6-4-10-15-11-13/h2-7,10-11H,8-9H2,1H3. The SMILES string of the molecule is Cc1ccccc1CCc1cccnc1. The van der Waals surface area contributed by atoms with E-state index in [4.69, 9.17) is 0 Å². The normalized spacial score (nSPS) is 10.2. The highest BCUT2D eigenvalue weighted by Crippen LogP contribution is 2.10. The Morgan fingerprint density at radius 1 is 1.00 bits per heavy atom. The van der Waals surface area contributed by atoms with Gasteiger partial charge in [-0.2, -0.15) is 0 Å². The van der Waals surface area contributed by atoms with Crippen molar-refractivity contribution in [3.8, 4) is 0 Å². The molecule has 0 saturated carbocycles. The summed E-state index contributed by atoms with van der Waals surface area (Å²) in [6, 6.07) is 12.7.